The van der Waals surface area contributed by atoms with Crippen molar-refractivity contribution in [2.75, 3.05) is 0 Å². The molecule has 2 aromatic rings. The molecule has 1 heterocycles. The van der Waals surface area contributed by atoms with Gasteiger partial charge in [-0.1, -0.05) is 25.7 Å². The molecule has 0 saturated carbocycles. The molecule has 27 heavy (non-hydrogen) atoms. The van der Waals surface area contributed by atoms with Gasteiger partial charge in [0.1, 0.15) is 17.1 Å². The number of phenolic OH excluding ortho intramolecular Hbond substituents is 1. The van der Waals surface area contributed by atoms with Crippen molar-refractivity contribution in [2.24, 2.45) is 0 Å². The molecule has 0 amide bonds. The lowest BCUT2D eigenvalue weighted by Crippen LogP contribution is -2.05. The second-order valence-electron chi connectivity index (χ2n) is 6.46. The van der Waals surface area contributed by atoms with Crippen LogP contribution in [0.5, 0.6) is 11.5 Å². The third-order valence-electron chi connectivity index (χ3n) is 4.56. The van der Waals surface area contributed by atoms with Crippen LogP contribution in [0.2, 0.25) is 0 Å². The average Bonchev–Trinajstić information content (AvgIpc) is 3.17. The minimum absolute atomic E-state index is 0.00535. The summed E-state index contributed by atoms with van der Waals surface area (Å²) in [5.41, 5.74) is 1.15. The number of fused-ring (bicyclic) bond motifs is 1. The summed E-state index contributed by atoms with van der Waals surface area (Å²) in [7, 11) is 0. The quantitative estimate of drug-likeness (QED) is 0.578. The summed E-state index contributed by atoms with van der Waals surface area (Å²) in [5, 5.41) is 37.4. The number of hydrogen-bond donors (Lipinski definition) is 4. The highest BCUT2D eigenvalue weighted by Gasteiger charge is 2.21. The molecule has 1 aliphatic carbocycles. The Morgan fingerprint density at radius 3 is 1.93 bits per heavy atom. The molecule has 1 aromatic heterocycles. The Bertz CT molecular complexity index is 778. The summed E-state index contributed by atoms with van der Waals surface area (Å²) >= 11 is 0. The molecule has 7 nitrogen and oxygen atoms in total. The molecular formula is C20H24O7. The van der Waals surface area contributed by atoms with Crippen molar-refractivity contribution in [3.63, 3.8) is 0 Å². The Kier molecular flexibility index (Phi) is 7.28. The maximum atomic E-state index is 11.1. The van der Waals surface area contributed by atoms with Gasteiger partial charge in [-0.3, -0.25) is 0 Å². The van der Waals surface area contributed by atoms with Gasteiger partial charge < -0.3 is 24.8 Å². The molecule has 0 radical (unpaired) electrons. The Hall–Kier alpha value is -2.96. The maximum absolute atomic E-state index is 11.1. The van der Waals surface area contributed by atoms with Gasteiger partial charge in [0.05, 0.1) is 6.26 Å². The van der Waals surface area contributed by atoms with Crippen molar-refractivity contribution in [3.05, 3.63) is 46.9 Å². The maximum Gasteiger partial charge on any atom is 0.371 e. The van der Waals surface area contributed by atoms with Crippen LogP contribution in [-0.2, 0) is 12.8 Å². The first-order valence-electron chi connectivity index (χ1n) is 8.98. The second-order valence-corrected chi connectivity index (χ2v) is 6.46. The molecule has 3 rings (SSSR count). The fourth-order valence-corrected chi connectivity index (χ4v) is 3.17. The van der Waals surface area contributed by atoms with E-state index in [-0.39, 0.29) is 22.8 Å². The number of aromatic carboxylic acids is 2. The summed E-state index contributed by atoms with van der Waals surface area (Å²) in [6, 6.07) is 4.09. The summed E-state index contributed by atoms with van der Waals surface area (Å²) in [6.07, 6.45) is 9.12. The van der Waals surface area contributed by atoms with Crippen LogP contribution in [0, 0.1) is 0 Å². The van der Waals surface area contributed by atoms with E-state index >= 15 is 0 Å². The molecular weight excluding hydrogens is 352 g/mol. The van der Waals surface area contributed by atoms with E-state index in [0.29, 0.717) is 18.4 Å². The van der Waals surface area contributed by atoms with E-state index in [1.807, 2.05) is 0 Å². The van der Waals surface area contributed by atoms with Gasteiger partial charge >= 0.3 is 11.9 Å². The number of rotatable bonds is 2. The van der Waals surface area contributed by atoms with Gasteiger partial charge in [-0.25, -0.2) is 9.59 Å². The normalized spacial score (nSPS) is 14.4. The minimum Gasteiger partial charge on any atom is -0.508 e. The summed E-state index contributed by atoms with van der Waals surface area (Å²) in [5.74, 6) is -2.42. The number of hydrogen-bond acceptors (Lipinski definition) is 5. The number of carbonyl (C=O) groups is 2. The SMILES string of the molecule is O=C(O)c1cc(O)c2c(c1O)CCCCCCCC2.O=C(O)c1ccco1. The zero-order chi connectivity index (χ0) is 19.8. The zero-order valence-corrected chi connectivity index (χ0v) is 15.0. The Labute approximate surface area is 156 Å². The third-order valence-corrected chi connectivity index (χ3v) is 4.56. The lowest BCUT2D eigenvalue weighted by Gasteiger charge is -2.17. The first kappa shape index (κ1) is 20.4. The van der Waals surface area contributed by atoms with Crippen LogP contribution < -0.4 is 0 Å². The van der Waals surface area contributed by atoms with Crippen molar-refractivity contribution in [2.45, 2.75) is 51.4 Å². The number of benzene rings is 1. The van der Waals surface area contributed by atoms with Crippen LogP contribution in [0.15, 0.2) is 28.9 Å². The van der Waals surface area contributed by atoms with Crippen LogP contribution in [0.1, 0.15) is 70.6 Å². The van der Waals surface area contributed by atoms with E-state index < -0.39 is 11.9 Å². The third kappa shape index (κ3) is 5.51. The fourth-order valence-electron chi connectivity index (χ4n) is 3.17. The Morgan fingerprint density at radius 1 is 0.852 bits per heavy atom. The van der Waals surface area contributed by atoms with Crippen LogP contribution in [0.4, 0.5) is 0 Å². The summed E-state index contributed by atoms with van der Waals surface area (Å²) in [6.45, 7) is 0. The number of furan rings is 1. The smallest absolute Gasteiger partial charge is 0.371 e. The van der Waals surface area contributed by atoms with E-state index in [9.17, 15) is 19.8 Å². The monoisotopic (exact) mass is 376 g/mol. The highest BCUT2D eigenvalue weighted by Crippen LogP contribution is 2.36. The predicted molar refractivity (Wildman–Crippen MR) is 97.5 cm³/mol. The molecule has 0 spiro atoms. The molecule has 0 bridgehead atoms. The highest BCUT2D eigenvalue weighted by molar-refractivity contribution is 5.92. The van der Waals surface area contributed by atoms with Gasteiger partial charge in [-0.05, 0) is 43.9 Å². The molecule has 146 valence electrons. The first-order valence-corrected chi connectivity index (χ1v) is 8.98. The van der Waals surface area contributed by atoms with Crippen molar-refractivity contribution in [3.8, 4) is 11.5 Å². The fraction of sp³-hybridized carbons (Fsp3) is 0.400. The zero-order valence-electron chi connectivity index (χ0n) is 15.0. The molecule has 1 aliphatic rings. The van der Waals surface area contributed by atoms with Crippen LogP contribution in [0.25, 0.3) is 0 Å². The van der Waals surface area contributed by atoms with Gasteiger partial charge in [0.2, 0.25) is 5.76 Å². The van der Waals surface area contributed by atoms with Gasteiger partial charge in [0.15, 0.2) is 0 Å². The van der Waals surface area contributed by atoms with Crippen molar-refractivity contribution < 1.29 is 34.4 Å². The van der Waals surface area contributed by atoms with Crippen LogP contribution >= 0.6 is 0 Å². The van der Waals surface area contributed by atoms with Gasteiger partial charge in [-0.15, -0.1) is 0 Å². The minimum atomic E-state index is -1.20. The number of carboxylic acids is 2. The number of aromatic hydroxyl groups is 2. The first-order chi connectivity index (χ1) is 12.9. The Balaban J connectivity index is 0.000000273. The van der Waals surface area contributed by atoms with E-state index in [1.165, 1.54) is 37.3 Å². The van der Waals surface area contributed by atoms with Crippen molar-refractivity contribution >= 4 is 11.9 Å². The standard InChI is InChI=1S/C15H20O4.C5H4O3/c16-13-9-12(15(18)19)14(17)11-8-6-4-2-1-3-5-7-10(11)13;6-5(7)4-2-1-3-8-4/h9,16-17H,1-8H2,(H,18,19);1-3H,(H,6,7). The van der Waals surface area contributed by atoms with Gasteiger partial charge in [0, 0.05) is 11.1 Å². The summed E-state index contributed by atoms with van der Waals surface area (Å²) < 4.78 is 4.50. The lowest BCUT2D eigenvalue weighted by molar-refractivity contribution is 0.0659. The molecule has 4 N–H and O–H groups in total. The van der Waals surface area contributed by atoms with Crippen LogP contribution in [-0.4, -0.2) is 32.4 Å². The Morgan fingerprint density at radius 2 is 1.44 bits per heavy atom. The molecule has 0 atom stereocenters. The topological polar surface area (TPSA) is 128 Å². The molecule has 0 unspecified atom stereocenters. The van der Waals surface area contributed by atoms with E-state index in [4.69, 9.17) is 10.2 Å². The largest absolute Gasteiger partial charge is 0.508 e. The second kappa shape index (κ2) is 9.66. The molecule has 0 fully saturated rings. The van der Waals surface area contributed by atoms with Gasteiger partial charge in [0.25, 0.3) is 0 Å². The summed E-state index contributed by atoms with van der Waals surface area (Å²) in [4.78, 5) is 21.0. The predicted octanol–water partition coefficient (Wildman–Crippen LogP) is 4.21. The lowest BCUT2D eigenvalue weighted by atomic mass is 9.91. The number of carboxylic acid groups (broad SMARTS) is 2. The molecule has 7 heteroatoms. The van der Waals surface area contributed by atoms with Gasteiger partial charge in [-0.2, -0.15) is 0 Å². The van der Waals surface area contributed by atoms with Crippen molar-refractivity contribution in [1.29, 1.82) is 0 Å². The van der Waals surface area contributed by atoms with E-state index in [0.717, 1.165) is 31.2 Å². The highest BCUT2D eigenvalue weighted by atomic mass is 16.4. The average molecular weight is 376 g/mol. The van der Waals surface area contributed by atoms with E-state index in [2.05, 4.69) is 4.42 Å². The van der Waals surface area contributed by atoms with E-state index in [1.54, 1.807) is 0 Å². The van der Waals surface area contributed by atoms with Crippen molar-refractivity contribution in [1.82, 2.24) is 0 Å². The molecule has 0 saturated heterocycles. The van der Waals surface area contributed by atoms with Crippen LogP contribution in [0.3, 0.4) is 0 Å². The molecule has 1 aromatic carbocycles. The number of phenols is 2. The molecule has 0 aliphatic heterocycles.